The maximum absolute atomic E-state index is 12.5. The van der Waals surface area contributed by atoms with Crippen LogP contribution >= 0.6 is 0 Å². The monoisotopic (exact) mass is 304 g/mol. The molecule has 0 aromatic heterocycles. The molecule has 2 fully saturated rings. The zero-order valence-electron chi connectivity index (χ0n) is 13.6. The van der Waals surface area contributed by atoms with Gasteiger partial charge in [0, 0.05) is 19.0 Å². The molecule has 2 amide bonds. The number of amides is 2. The molecule has 0 radical (unpaired) electrons. The van der Waals surface area contributed by atoms with E-state index in [2.05, 4.69) is 24.4 Å². The molecule has 3 aliphatic rings. The van der Waals surface area contributed by atoms with Crippen LogP contribution in [0.1, 0.15) is 58.3 Å². The largest absolute Gasteiger partial charge is 0.351 e. The van der Waals surface area contributed by atoms with Crippen molar-refractivity contribution in [1.29, 1.82) is 0 Å². The summed E-state index contributed by atoms with van der Waals surface area (Å²) in [6.45, 7) is 2.91. The van der Waals surface area contributed by atoms with Gasteiger partial charge in [0.2, 0.25) is 11.8 Å². The predicted molar refractivity (Wildman–Crippen MR) is 86.2 cm³/mol. The van der Waals surface area contributed by atoms with Crippen molar-refractivity contribution in [2.45, 2.75) is 70.4 Å². The minimum atomic E-state index is -0.227. The van der Waals surface area contributed by atoms with Gasteiger partial charge in [-0.3, -0.25) is 9.59 Å². The average molecular weight is 304 g/mol. The lowest BCUT2D eigenvalue weighted by molar-refractivity contribution is -0.139. The Morgan fingerprint density at radius 3 is 2.91 bits per heavy atom. The van der Waals surface area contributed by atoms with Crippen molar-refractivity contribution in [2.24, 2.45) is 11.8 Å². The highest BCUT2D eigenvalue weighted by atomic mass is 16.2. The Bertz CT molecular complexity index is 460. The summed E-state index contributed by atoms with van der Waals surface area (Å²) < 4.78 is 0. The molecule has 4 atom stereocenters. The Morgan fingerprint density at radius 2 is 2.05 bits per heavy atom. The fourth-order valence-electron chi connectivity index (χ4n) is 3.75. The molecule has 2 aliphatic heterocycles. The van der Waals surface area contributed by atoms with Crippen molar-refractivity contribution >= 4 is 11.8 Å². The van der Waals surface area contributed by atoms with E-state index in [1.165, 1.54) is 12.8 Å². The number of rotatable bonds is 0. The lowest BCUT2D eigenvalue weighted by atomic mass is 9.99. The molecule has 1 saturated carbocycles. The van der Waals surface area contributed by atoms with Gasteiger partial charge >= 0.3 is 0 Å². The maximum atomic E-state index is 12.5. The van der Waals surface area contributed by atoms with Gasteiger partial charge in [-0.2, -0.15) is 0 Å². The number of allylic oxidation sites excluding steroid dienone is 1. The second-order valence-corrected chi connectivity index (χ2v) is 7.28. The van der Waals surface area contributed by atoms with Gasteiger partial charge in [-0.15, -0.1) is 0 Å². The van der Waals surface area contributed by atoms with Crippen molar-refractivity contribution in [3.8, 4) is 0 Å². The molecular weight excluding hydrogens is 276 g/mol. The SMILES string of the molecule is CC1CCCC/C=C\C2CC2NC(=O)C2CCCN2C(=O)C1. The third-order valence-electron chi connectivity index (χ3n) is 5.27. The van der Waals surface area contributed by atoms with Gasteiger partial charge in [0.1, 0.15) is 6.04 Å². The number of carbonyl (C=O) groups excluding carboxylic acids is 2. The topological polar surface area (TPSA) is 49.4 Å². The van der Waals surface area contributed by atoms with Gasteiger partial charge in [0.05, 0.1) is 0 Å². The molecule has 2 heterocycles. The summed E-state index contributed by atoms with van der Waals surface area (Å²) in [6, 6.07) is 0.0698. The quantitative estimate of drug-likeness (QED) is 0.699. The number of nitrogens with zero attached hydrogens (tertiary/aromatic N) is 1. The minimum absolute atomic E-state index is 0.0641. The van der Waals surface area contributed by atoms with Gasteiger partial charge in [-0.05, 0) is 43.9 Å². The van der Waals surface area contributed by atoms with Crippen LogP contribution in [0, 0.1) is 11.8 Å². The summed E-state index contributed by atoms with van der Waals surface area (Å²) in [5, 5.41) is 3.14. The van der Waals surface area contributed by atoms with Crippen LogP contribution in [-0.4, -0.2) is 35.3 Å². The Kier molecular flexibility index (Phi) is 4.84. The predicted octanol–water partition coefficient (Wildman–Crippen LogP) is 2.64. The summed E-state index contributed by atoms with van der Waals surface area (Å²) in [7, 11) is 0. The summed E-state index contributed by atoms with van der Waals surface area (Å²) >= 11 is 0. The van der Waals surface area contributed by atoms with Gasteiger partial charge in [0.25, 0.3) is 0 Å². The molecule has 0 bridgehead atoms. The van der Waals surface area contributed by atoms with E-state index in [9.17, 15) is 9.59 Å². The number of fused-ring (bicyclic) bond motifs is 2. The van der Waals surface area contributed by atoms with E-state index in [-0.39, 0.29) is 17.9 Å². The van der Waals surface area contributed by atoms with Gasteiger partial charge < -0.3 is 10.2 Å². The van der Waals surface area contributed by atoms with Crippen molar-refractivity contribution in [2.75, 3.05) is 6.54 Å². The fourth-order valence-corrected chi connectivity index (χ4v) is 3.75. The Balaban J connectivity index is 1.68. The number of hydrogen-bond acceptors (Lipinski definition) is 2. The molecule has 1 N–H and O–H groups in total. The van der Waals surface area contributed by atoms with Crippen molar-refractivity contribution in [3.63, 3.8) is 0 Å². The Labute approximate surface area is 133 Å². The van der Waals surface area contributed by atoms with Crippen molar-refractivity contribution in [1.82, 2.24) is 10.2 Å². The van der Waals surface area contributed by atoms with Crippen molar-refractivity contribution in [3.05, 3.63) is 12.2 Å². The molecule has 4 heteroatoms. The average Bonchev–Trinajstić information content (AvgIpc) is 3.01. The summed E-state index contributed by atoms with van der Waals surface area (Å²) in [5.41, 5.74) is 0. The zero-order valence-corrected chi connectivity index (χ0v) is 13.6. The minimum Gasteiger partial charge on any atom is -0.351 e. The molecule has 1 saturated heterocycles. The molecule has 0 aromatic rings. The third kappa shape index (κ3) is 3.71. The van der Waals surface area contributed by atoms with Gasteiger partial charge in [-0.1, -0.05) is 31.9 Å². The molecular formula is C18H28N2O2. The lowest BCUT2D eigenvalue weighted by Gasteiger charge is -2.25. The zero-order chi connectivity index (χ0) is 15.5. The maximum Gasteiger partial charge on any atom is 0.243 e. The molecule has 4 nitrogen and oxygen atoms in total. The molecule has 0 aromatic carbocycles. The second-order valence-electron chi connectivity index (χ2n) is 7.28. The highest BCUT2D eigenvalue weighted by molar-refractivity contribution is 5.88. The van der Waals surface area contributed by atoms with E-state index in [1.54, 1.807) is 0 Å². The van der Waals surface area contributed by atoms with Crippen LogP contribution < -0.4 is 5.32 Å². The summed E-state index contributed by atoms with van der Waals surface area (Å²) in [6.07, 6.45) is 12.6. The van der Waals surface area contributed by atoms with Gasteiger partial charge in [0.15, 0.2) is 0 Å². The molecule has 122 valence electrons. The first kappa shape index (κ1) is 15.6. The number of nitrogens with one attached hydrogen (secondary N) is 1. The first-order valence-electron chi connectivity index (χ1n) is 8.91. The highest BCUT2D eigenvalue weighted by Crippen LogP contribution is 2.33. The van der Waals surface area contributed by atoms with E-state index in [0.29, 0.717) is 24.3 Å². The molecule has 1 aliphatic carbocycles. The summed E-state index contributed by atoms with van der Waals surface area (Å²) in [4.78, 5) is 26.8. The van der Waals surface area contributed by atoms with Crippen LogP contribution in [0.2, 0.25) is 0 Å². The van der Waals surface area contributed by atoms with E-state index >= 15 is 0 Å². The summed E-state index contributed by atoms with van der Waals surface area (Å²) in [5.74, 6) is 1.16. The Morgan fingerprint density at radius 1 is 1.18 bits per heavy atom. The molecule has 3 rings (SSSR count). The van der Waals surface area contributed by atoms with Crippen LogP contribution in [-0.2, 0) is 9.59 Å². The van der Waals surface area contributed by atoms with Gasteiger partial charge in [-0.25, -0.2) is 0 Å². The van der Waals surface area contributed by atoms with Crippen LogP contribution in [0.5, 0.6) is 0 Å². The highest BCUT2D eigenvalue weighted by Gasteiger charge is 2.40. The first-order valence-corrected chi connectivity index (χ1v) is 8.91. The second kappa shape index (κ2) is 6.84. The van der Waals surface area contributed by atoms with E-state index in [1.807, 2.05) is 4.90 Å². The molecule has 4 unspecified atom stereocenters. The van der Waals surface area contributed by atoms with Crippen LogP contribution in [0.25, 0.3) is 0 Å². The normalized spacial score (nSPS) is 38.3. The standard InChI is InChI=1S/C18H28N2O2/c1-13-7-4-2-3-5-8-14-12-15(14)19-18(22)16-9-6-10-20(16)17(21)11-13/h5,8,13-16H,2-4,6-7,9-12H2,1H3,(H,19,22)/b8-5-. The van der Waals surface area contributed by atoms with Crippen LogP contribution in [0.4, 0.5) is 0 Å². The third-order valence-corrected chi connectivity index (χ3v) is 5.27. The van der Waals surface area contributed by atoms with Crippen LogP contribution in [0.15, 0.2) is 12.2 Å². The first-order chi connectivity index (χ1) is 10.6. The number of carbonyl (C=O) groups is 2. The fraction of sp³-hybridized carbons (Fsp3) is 0.778. The molecule has 0 spiro atoms. The Hall–Kier alpha value is -1.32. The van der Waals surface area contributed by atoms with E-state index in [4.69, 9.17) is 0 Å². The van der Waals surface area contributed by atoms with Crippen LogP contribution in [0.3, 0.4) is 0 Å². The lowest BCUT2D eigenvalue weighted by Crippen LogP contribution is -2.47. The number of hydrogen-bond donors (Lipinski definition) is 1. The van der Waals surface area contributed by atoms with Crippen molar-refractivity contribution < 1.29 is 9.59 Å². The molecule has 22 heavy (non-hydrogen) atoms. The smallest absolute Gasteiger partial charge is 0.243 e. The van der Waals surface area contributed by atoms with E-state index in [0.717, 1.165) is 38.6 Å². The van der Waals surface area contributed by atoms with E-state index < -0.39 is 0 Å².